The molecule has 21 heavy (non-hydrogen) atoms. The van der Waals surface area contributed by atoms with Gasteiger partial charge < -0.3 is 10.1 Å². The zero-order chi connectivity index (χ0) is 15.2. The molecule has 1 unspecified atom stereocenters. The van der Waals surface area contributed by atoms with Crippen molar-refractivity contribution in [3.8, 4) is 5.75 Å². The van der Waals surface area contributed by atoms with Crippen molar-refractivity contribution in [3.05, 3.63) is 45.1 Å². The zero-order valence-corrected chi connectivity index (χ0v) is 14.4. The summed E-state index contributed by atoms with van der Waals surface area (Å²) in [6.07, 6.45) is 2.07. The Morgan fingerprint density at radius 1 is 1.24 bits per heavy atom. The second-order valence-electron chi connectivity index (χ2n) is 5.01. The Morgan fingerprint density at radius 2 is 2.05 bits per heavy atom. The molecule has 2 aromatic rings. The molecule has 1 atom stereocenters. The highest BCUT2D eigenvalue weighted by Gasteiger charge is 2.12. The van der Waals surface area contributed by atoms with Crippen molar-refractivity contribution in [1.29, 1.82) is 0 Å². The highest BCUT2D eigenvalue weighted by molar-refractivity contribution is 7.12. The predicted octanol–water partition coefficient (Wildman–Crippen LogP) is 5.93. The van der Waals surface area contributed by atoms with Crippen LogP contribution in [-0.2, 0) is 6.42 Å². The molecule has 1 N–H and O–H groups in total. The minimum Gasteiger partial charge on any atom is -0.491 e. The summed E-state index contributed by atoms with van der Waals surface area (Å²) in [4.78, 5) is 2.74. The topological polar surface area (TPSA) is 21.3 Å². The quantitative estimate of drug-likeness (QED) is 0.682. The molecule has 0 radical (unpaired) electrons. The van der Waals surface area contributed by atoms with Crippen molar-refractivity contribution >= 4 is 28.6 Å². The van der Waals surface area contributed by atoms with Crippen molar-refractivity contribution in [2.75, 3.05) is 11.9 Å². The molecule has 2 nitrogen and oxygen atoms in total. The molecule has 0 fully saturated rings. The molecular formula is C17H22ClNOS. The van der Waals surface area contributed by atoms with Gasteiger partial charge in [-0.2, -0.15) is 0 Å². The molecule has 1 aromatic carbocycles. The summed E-state index contributed by atoms with van der Waals surface area (Å²) in [5.41, 5.74) is 0.954. The van der Waals surface area contributed by atoms with Crippen LogP contribution in [0, 0.1) is 0 Å². The first-order chi connectivity index (χ1) is 10.1. The van der Waals surface area contributed by atoms with Gasteiger partial charge in [-0.25, -0.2) is 0 Å². The molecule has 0 bridgehead atoms. The van der Waals surface area contributed by atoms with E-state index in [2.05, 4.69) is 38.2 Å². The van der Waals surface area contributed by atoms with E-state index in [1.54, 1.807) is 0 Å². The van der Waals surface area contributed by atoms with Crippen LogP contribution in [-0.4, -0.2) is 6.61 Å². The number of thiophene rings is 1. The molecule has 0 aliphatic rings. The van der Waals surface area contributed by atoms with Crippen LogP contribution in [0.4, 0.5) is 5.69 Å². The van der Waals surface area contributed by atoms with Crippen molar-refractivity contribution in [3.63, 3.8) is 0 Å². The van der Waals surface area contributed by atoms with Gasteiger partial charge in [0.15, 0.2) is 0 Å². The van der Waals surface area contributed by atoms with Crippen LogP contribution in [0.2, 0.25) is 5.02 Å². The average Bonchev–Trinajstić information content (AvgIpc) is 2.95. The van der Waals surface area contributed by atoms with E-state index < -0.39 is 0 Å². The van der Waals surface area contributed by atoms with Gasteiger partial charge in [0.2, 0.25) is 0 Å². The third kappa shape index (κ3) is 4.39. The fraction of sp³-hybridized carbons (Fsp3) is 0.412. The number of aryl methyl sites for hydroxylation is 1. The lowest BCUT2D eigenvalue weighted by atomic mass is 10.2. The molecule has 0 aliphatic heterocycles. The number of rotatable bonds is 7. The number of nitrogens with one attached hydrogen (secondary N) is 1. The first-order valence-corrected chi connectivity index (χ1v) is 8.61. The van der Waals surface area contributed by atoms with Gasteiger partial charge in [-0.15, -0.1) is 11.3 Å². The molecule has 114 valence electrons. The van der Waals surface area contributed by atoms with E-state index >= 15 is 0 Å². The van der Waals surface area contributed by atoms with Crippen LogP contribution in [0.25, 0.3) is 0 Å². The van der Waals surface area contributed by atoms with Crippen LogP contribution < -0.4 is 10.1 Å². The Morgan fingerprint density at radius 3 is 2.71 bits per heavy atom. The Bertz CT molecular complexity index is 582. The fourth-order valence-corrected chi connectivity index (χ4v) is 3.20. The predicted molar refractivity (Wildman–Crippen MR) is 93.0 cm³/mol. The van der Waals surface area contributed by atoms with Crippen LogP contribution in [0.15, 0.2) is 30.3 Å². The van der Waals surface area contributed by atoms with Gasteiger partial charge in [-0.3, -0.25) is 0 Å². The monoisotopic (exact) mass is 323 g/mol. The largest absolute Gasteiger partial charge is 0.491 e. The summed E-state index contributed by atoms with van der Waals surface area (Å²) in [5.74, 6) is 0.861. The van der Waals surface area contributed by atoms with E-state index in [9.17, 15) is 0 Å². The van der Waals surface area contributed by atoms with Gasteiger partial charge in [0.05, 0.1) is 18.3 Å². The van der Waals surface area contributed by atoms with Crippen LogP contribution in [0.1, 0.15) is 43.0 Å². The molecule has 0 saturated carbocycles. The van der Waals surface area contributed by atoms with Gasteiger partial charge >= 0.3 is 0 Å². The normalized spacial score (nSPS) is 12.2. The number of anilines is 1. The van der Waals surface area contributed by atoms with Crippen molar-refractivity contribution in [1.82, 2.24) is 0 Å². The number of halogens is 1. The first kappa shape index (κ1) is 16.2. The average molecular weight is 324 g/mol. The summed E-state index contributed by atoms with van der Waals surface area (Å²) >= 11 is 7.97. The number of benzene rings is 1. The molecular weight excluding hydrogens is 302 g/mol. The summed E-state index contributed by atoms with van der Waals surface area (Å²) in [7, 11) is 0. The standard InChI is InChI=1S/C17H22ClNOS/c1-4-10-20-16-8-6-13(18)11-15(16)19-12(3)17-9-7-14(5-2)21-17/h6-9,11-12,19H,4-5,10H2,1-3H3. The number of hydrogen-bond donors (Lipinski definition) is 1. The lowest BCUT2D eigenvalue weighted by Crippen LogP contribution is -2.07. The Balaban J connectivity index is 2.15. The van der Waals surface area contributed by atoms with E-state index in [1.165, 1.54) is 9.75 Å². The number of hydrogen-bond acceptors (Lipinski definition) is 3. The van der Waals surface area contributed by atoms with E-state index in [0.717, 1.165) is 24.3 Å². The van der Waals surface area contributed by atoms with E-state index in [1.807, 2.05) is 29.5 Å². The summed E-state index contributed by atoms with van der Waals surface area (Å²) in [5, 5.41) is 4.23. The highest BCUT2D eigenvalue weighted by atomic mass is 35.5. The Hall–Kier alpha value is -1.19. The lowest BCUT2D eigenvalue weighted by molar-refractivity contribution is 0.318. The Labute approximate surface area is 136 Å². The first-order valence-electron chi connectivity index (χ1n) is 7.41. The Kier molecular flexibility index (Phi) is 5.95. The molecule has 1 heterocycles. The highest BCUT2D eigenvalue weighted by Crippen LogP contribution is 2.33. The van der Waals surface area contributed by atoms with Gasteiger partial charge in [-0.05, 0) is 50.1 Å². The van der Waals surface area contributed by atoms with Crippen molar-refractivity contribution < 1.29 is 4.74 Å². The molecule has 4 heteroatoms. The summed E-state index contributed by atoms with van der Waals surface area (Å²) in [6, 6.07) is 10.3. The van der Waals surface area contributed by atoms with Gasteiger partial charge in [-0.1, -0.05) is 25.4 Å². The van der Waals surface area contributed by atoms with Gasteiger partial charge in [0.1, 0.15) is 5.75 Å². The summed E-state index contributed by atoms with van der Waals surface area (Å²) in [6.45, 7) is 7.16. The molecule has 2 rings (SSSR count). The van der Waals surface area contributed by atoms with Crippen molar-refractivity contribution in [2.45, 2.75) is 39.7 Å². The van der Waals surface area contributed by atoms with E-state index in [4.69, 9.17) is 16.3 Å². The van der Waals surface area contributed by atoms with Crippen molar-refractivity contribution in [2.24, 2.45) is 0 Å². The summed E-state index contributed by atoms with van der Waals surface area (Å²) < 4.78 is 5.79. The minimum absolute atomic E-state index is 0.234. The minimum atomic E-state index is 0.234. The third-order valence-electron chi connectivity index (χ3n) is 3.23. The van der Waals surface area contributed by atoms with E-state index in [0.29, 0.717) is 11.6 Å². The zero-order valence-electron chi connectivity index (χ0n) is 12.8. The van der Waals surface area contributed by atoms with Crippen LogP contribution in [0.5, 0.6) is 5.75 Å². The maximum absolute atomic E-state index is 6.11. The molecule has 0 amide bonds. The van der Waals surface area contributed by atoms with E-state index in [-0.39, 0.29) is 6.04 Å². The second kappa shape index (κ2) is 7.71. The lowest BCUT2D eigenvalue weighted by Gasteiger charge is -2.17. The SMILES string of the molecule is CCCOc1ccc(Cl)cc1NC(C)c1ccc(CC)s1. The van der Waals surface area contributed by atoms with Gasteiger partial charge in [0, 0.05) is 14.8 Å². The smallest absolute Gasteiger partial charge is 0.142 e. The third-order valence-corrected chi connectivity index (χ3v) is 4.88. The molecule has 1 aromatic heterocycles. The molecule has 0 aliphatic carbocycles. The maximum atomic E-state index is 6.11. The molecule has 0 spiro atoms. The van der Waals surface area contributed by atoms with Gasteiger partial charge in [0.25, 0.3) is 0 Å². The maximum Gasteiger partial charge on any atom is 0.142 e. The number of ether oxygens (including phenoxy) is 1. The fourth-order valence-electron chi connectivity index (χ4n) is 2.07. The van der Waals surface area contributed by atoms with Crippen LogP contribution >= 0.6 is 22.9 Å². The molecule has 0 saturated heterocycles. The van der Waals surface area contributed by atoms with Crippen LogP contribution in [0.3, 0.4) is 0 Å². The second-order valence-corrected chi connectivity index (χ2v) is 6.65.